The highest BCUT2D eigenvalue weighted by Gasteiger charge is 2.26. The minimum absolute atomic E-state index is 0.0483. The summed E-state index contributed by atoms with van der Waals surface area (Å²) in [5, 5.41) is 0. The van der Waals surface area contributed by atoms with Gasteiger partial charge >= 0.3 is 0 Å². The van der Waals surface area contributed by atoms with Gasteiger partial charge in [0.1, 0.15) is 0 Å². The summed E-state index contributed by atoms with van der Waals surface area (Å²) in [6.07, 6.45) is -0.0483. The molecule has 0 radical (unpaired) electrons. The van der Waals surface area contributed by atoms with E-state index < -0.39 is 8.32 Å². The average Bonchev–Trinajstić information content (AvgIpc) is 2.37. The summed E-state index contributed by atoms with van der Waals surface area (Å²) in [6, 6.07) is 16.5. The van der Waals surface area contributed by atoms with Gasteiger partial charge in [-0.3, -0.25) is 0 Å². The van der Waals surface area contributed by atoms with E-state index in [0.29, 0.717) is 0 Å². The second-order valence-electron chi connectivity index (χ2n) is 5.65. The van der Waals surface area contributed by atoms with E-state index in [2.05, 4.69) is 87.9 Å². The zero-order chi connectivity index (χ0) is 14.8. The molecule has 0 saturated carbocycles. The topological polar surface area (TPSA) is 9.23 Å². The van der Waals surface area contributed by atoms with Crippen LogP contribution in [0, 0.1) is 0 Å². The van der Waals surface area contributed by atoms with Crippen LogP contribution in [0.5, 0.6) is 0 Å². The molecule has 0 N–H and O–H groups in total. The van der Waals surface area contributed by atoms with Crippen molar-refractivity contribution in [3.05, 3.63) is 68.6 Å². The Labute approximate surface area is 138 Å². The van der Waals surface area contributed by atoms with Gasteiger partial charge in [0.15, 0.2) is 8.32 Å². The van der Waals surface area contributed by atoms with Gasteiger partial charge in [0.05, 0.1) is 6.10 Å². The molecule has 0 aliphatic heterocycles. The maximum absolute atomic E-state index is 6.45. The van der Waals surface area contributed by atoms with E-state index in [-0.39, 0.29) is 6.10 Å². The summed E-state index contributed by atoms with van der Waals surface area (Å²) in [4.78, 5) is 0. The molecule has 0 heterocycles. The van der Waals surface area contributed by atoms with Crippen molar-refractivity contribution in [2.45, 2.75) is 25.7 Å². The molecule has 0 fully saturated rings. The Balaban J connectivity index is 2.51. The van der Waals surface area contributed by atoms with Gasteiger partial charge in [-0.2, -0.15) is 0 Å². The fraction of sp³-hybridized carbons (Fsp3) is 0.250. The van der Waals surface area contributed by atoms with E-state index in [1.54, 1.807) is 0 Å². The van der Waals surface area contributed by atoms with Gasteiger partial charge in [0.2, 0.25) is 0 Å². The first-order valence-electron chi connectivity index (χ1n) is 6.55. The Morgan fingerprint density at radius 3 is 1.55 bits per heavy atom. The lowest BCUT2D eigenvalue weighted by molar-refractivity contribution is 0.238. The summed E-state index contributed by atoms with van der Waals surface area (Å²) in [7, 11) is -1.67. The van der Waals surface area contributed by atoms with Crippen molar-refractivity contribution in [1.82, 2.24) is 0 Å². The molecular formula is C16H18Br2OSi. The maximum Gasteiger partial charge on any atom is 0.185 e. The Morgan fingerprint density at radius 2 is 1.20 bits per heavy atom. The second-order valence-corrected chi connectivity index (χ2v) is 11.8. The zero-order valence-electron chi connectivity index (χ0n) is 11.9. The Hall–Kier alpha value is -0.423. The van der Waals surface area contributed by atoms with Crippen LogP contribution >= 0.6 is 31.9 Å². The molecule has 20 heavy (non-hydrogen) atoms. The van der Waals surface area contributed by atoms with E-state index in [4.69, 9.17) is 4.43 Å². The van der Waals surface area contributed by atoms with Crippen LogP contribution < -0.4 is 0 Å². The van der Waals surface area contributed by atoms with Gasteiger partial charge in [-0.15, -0.1) is 0 Å². The van der Waals surface area contributed by atoms with Gasteiger partial charge in [-0.05, 0) is 42.9 Å². The first-order chi connectivity index (χ1) is 9.38. The summed E-state index contributed by atoms with van der Waals surface area (Å²) in [5.74, 6) is 0. The summed E-state index contributed by atoms with van der Waals surface area (Å²) < 4.78 is 8.62. The Morgan fingerprint density at radius 1 is 0.800 bits per heavy atom. The van der Waals surface area contributed by atoms with Gasteiger partial charge in [0, 0.05) is 8.95 Å². The number of hydrogen-bond acceptors (Lipinski definition) is 1. The molecule has 0 saturated heterocycles. The summed E-state index contributed by atoms with van der Waals surface area (Å²) in [6.45, 7) is 6.65. The van der Waals surface area contributed by atoms with Crippen molar-refractivity contribution in [2.24, 2.45) is 0 Å². The number of rotatable bonds is 4. The third kappa shape index (κ3) is 4.04. The molecule has 4 heteroatoms. The standard InChI is InChI=1S/C16H18Br2OSi/c1-20(2,3)19-16(12-8-4-6-10-14(12)17)13-9-5-7-11-15(13)18/h4-11,16H,1-3H3. The first-order valence-corrected chi connectivity index (χ1v) is 11.5. The minimum atomic E-state index is -1.67. The predicted molar refractivity (Wildman–Crippen MR) is 94.6 cm³/mol. The molecule has 2 aromatic carbocycles. The summed E-state index contributed by atoms with van der Waals surface area (Å²) >= 11 is 7.29. The molecule has 1 nitrogen and oxygen atoms in total. The van der Waals surface area contributed by atoms with Crippen LogP contribution in [0.4, 0.5) is 0 Å². The zero-order valence-corrected chi connectivity index (χ0v) is 16.0. The number of hydrogen-bond donors (Lipinski definition) is 0. The first kappa shape index (κ1) is 16.0. The minimum Gasteiger partial charge on any atom is -0.407 e. The highest BCUT2D eigenvalue weighted by atomic mass is 79.9. The van der Waals surface area contributed by atoms with Crippen LogP contribution in [0.15, 0.2) is 57.5 Å². The second kappa shape index (κ2) is 6.56. The smallest absolute Gasteiger partial charge is 0.185 e. The van der Waals surface area contributed by atoms with E-state index in [1.165, 1.54) is 11.1 Å². The van der Waals surface area contributed by atoms with Crippen LogP contribution in [0.25, 0.3) is 0 Å². The fourth-order valence-electron chi connectivity index (χ4n) is 2.02. The van der Waals surface area contributed by atoms with Crippen molar-refractivity contribution < 1.29 is 4.43 Å². The van der Waals surface area contributed by atoms with Crippen LogP contribution in [-0.4, -0.2) is 8.32 Å². The lowest BCUT2D eigenvalue weighted by atomic mass is 10.0. The number of halogens is 2. The molecular weight excluding hydrogens is 396 g/mol. The van der Waals surface area contributed by atoms with Gasteiger partial charge in [-0.25, -0.2) is 0 Å². The van der Waals surface area contributed by atoms with Crippen LogP contribution in [-0.2, 0) is 4.43 Å². The molecule has 0 aromatic heterocycles. The van der Waals surface area contributed by atoms with Crippen molar-refractivity contribution in [3.63, 3.8) is 0 Å². The highest BCUT2D eigenvalue weighted by Crippen LogP contribution is 2.36. The molecule has 0 amide bonds. The van der Waals surface area contributed by atoms with E-state index in [9.17, 15) is 0 Å². The van der Waals surface area contributed by atoms with Crippen molar-refractivity contribution >= 4 is 40.2 Å². The van der Waals surface area contributed by atoms with E-state index in [0.717, 1.165) is 8.95 Å². The van der Waals surface area contributed by atoms with Crippen molar-refractivity contribution in [1.29, 1.82) is 0 Å². The largest absolute Gasteiger partial charge is 0.407 e. The molecule has 106 valence electrons. The highest BCUT2D eigenvalue weighted by molar-refractivity contribution is 9.10. The van der Waals surface area contributed by atoms with E-state index in [1.807, 2.05) is 12.1 Å². The molecule has 0 aliphatic rings. The fourth-order valence-corrected chi connectivity index (χ4v) is 3.97. The third-order valence-corrected chi connectivity index (χ3v) is 5.23. The molecule has 0 spiro atoms. The lowest BCUT2D eigenvalue weighted by Crippen LogP contribution is -2.28. The molecule has 2 aromatic rings. The molecule has 0 unspecified atom stereocenters. The maximum atomic E-state index is 6.45. The van der Waals surface area contributed by atoms with Crippen LogP contribution in [0.3, 0.4) is 0 Å². The predicted octanol–water partition coefficient (Wildman–Crippen LogP) is 6.15. The molecule has 0 atom stereocenters. The normalized spacial score (nSPS) is 11.9. The quantitative estimate of drug-likeness (QED) is 0.546. The van der Waals surface area contributed by atoms with Crippen molar-refractivity contribution in [2.75, 3.05) is 0 Å². The Kier molecular flexibility index (Phi) is 5.23. The van der Waals surface area contributed by atoms with Gasteiger partial charge in [-0.1, -0.05) is 68.3 Å². The van der Waals surface area contributed by atoms with Crippen LogP contribution in [0.1, 0.15) is 17.2 Å². The molecule has 2 rings (SSSR count). The van der Waals surface area contributed by atoms with Gasteiger partial charge in [0.25, 0.3) is 0 Å². The average molecular weight is 414 g/mol. The molecule has 0 aliphatic carbocycles. The SMILES string of the molecule is C[Si](C)(C)OC(c1ccccc1Br)c1ccccc1Br. The molecule has 0 bridgehead atoms. The third-order valence-electron chi connectivity index (χ3n) is 2.85. The van der Waals surface area contributed by atoms with Crippen LogP contribution in [0.2, 0.25) is 19.6 Å². The lowest BCUT2D eigenvalue weighted by Gasteiger charge is -2.28. The number of benzene rings is 2. The summed E-state index contributed by atoms with van der Waals surface area (Å²) in [5.41, 5.74) is 2.34. The van der Waals surface area contributed by atoms with Gasteiger partial charge < -0.3 is 4.43 Å². The Bertz CT molecular complexity index is 548. The monoisotopic (exact) mass is 412 g/mol. The van der Waals surface area contributed by atoms with Crippen molar-refractivity contribution in [3.8, 4) is 0 Å². The van der Waals surface area contributed by atoms with E-state index >= 15 is 0 Å².